The van der Waals surface area contributed by atoms with E-state index < -0.39 is 16.6 Å². The number of hydrogen-bond acceptors (Lipinski definition) is 6. The second-order valence-corrected chi connectivity index (χ2v) is 9.66. The Morgan fingerprint density at radius 2 is 1.94 bits per heavy atom. The normalized spacial score (nSPS) is 20.3. The van der Waals surface area contributed by atoms with Crippen LogP contribution in [0.3, 0.4) is 0 Å². The van der Waals surface area contributed by atoms with Crippen molar-refractivity contribution in [3.63, 3.8) is 0 Å². The molecule has 2 aromatic carbocycles. The second kappa shape index (κ2) is 7.98. The second-order valence-electron chi connectivity index (χ2n) is 7.72. The van der Waals surface area contributed by atoms with Gasteiger partial charge in [0.15, 0.2) is 11.3 Å². The third-order valence-electron chi connectivity index (χ3n) is 5.83. The summed E-state index contributed by atoms with van der Waals surface area (Å²) in [7, 11) is -3.78. The largest absolute Gasteiger partial charge is 0.452 e. The molecule has 2 fully saturated rings. The van der Waals surface area contributed by atoms with Crippen LogP contribution in [0.4, 0.5) is 8.78 Å². The van der Waals surface area contributed by atoms with E-state index in [1.807, 2.05) is 0 Å². The van der Waals surface area contributed by atoms with Gasteiger partial charge in [-0.2, -0.15) is 13.1 Å². The third-order valence-corrected chi connectivity index (χ3v) is 7.72. The number of alkyl halides is 2. The van der Waals surface area contributed by atoms with Gasteiger partial charge in [0.1, 0.15) is 5.58 Å². The molecule has 1 aromatic heterocycles. The van der Waals surface area contributed by atoms with Crippen LogP contribution < -0.4 is 10.1 Å². The fourth-order valence-corrected chi connectivity index (χ4v) is 5.75. The molecular formula is C21H20F2N2O6S. The molecule has 5 rings (SSSR count). The number of ether oxygens (including phenoxy) is 2. The van der Waals surface area contributed by atoms with Crippen LogP contribution in [0.1, 0.15) is 17.9 Å². The molecule has 3 heterocycles. The number of fused-ring (bicyclic) bond motifs is 3. The van der Waals surface area contributed by atoms with Crippen LogP contribution in [0.25, 0.3) is 21.9 Å². The van der Waals surface area contributed by atoms with Crippen molar-refractivity contribution in [3.8, 4) is 5.75 Å². The van der Waals surface area contributed by atoms with Gasteiger partial charge in [-0.25, -0.2) is 8.42 Å². The van der Waals surface area contributed by atoms with Crippen molar-refractivity contribution in [3.05, 3.63) is 35.9 Å². The number of nitrogens with zero attached hydrogens (tertiary/aromatic N) is 1. The smallest absolute Gasteiger partial charge is 0.387 e. The van der Waals surface area contributed by atoms with Gasteiger partial charge in [0.05, 0.1) is 18.1 Å². The lowest BCUT2D eigenvalue weighted by Gasteiger charge is -2.26. The van der Waals surface area contributed by atoms with Gasteiger partial charge < -0.3 is 19.2 Å². The number of amides is 1. The highest BCUT2D eigenvalue weighted by Crippen LogP contribution is 2.42. The number of furan rings is 1. The number of rotatable bonds is 5. The molecule has 1 amide bonds. The predicted molar refractivity (Wildman–Crippen MR) is 110 cm³/mol. The quantitative estimate of drug-likeness (QED) is 0.621. The monoisotopic (exact) mass is 466 g/mol. The number of carbonyl (C=O) groups is 1. The summed E-state index contributed by atoms with van der Waals surface area (Å²) in [6, 6.07) is 7.45. The number of hydrogen-bond donors (Lipinski definition) is 1. The SMILES string of the molecule is O=C1CC(c2ccc(OC(F)F)c3oc4ccc(S(=O)(=O)N5CCOCC5)cc4c23)CN1. The van der Waals surface area contributed by atoms with Crippen molar-refractivity contribution < 1.29 is 35.9 Å². The van der Waals surface area contributed by atoms with E-state index in [1.54, 1.807) is 6.07 Å². The minimum Gasteiger partial charge on any atom is -0.452 e. The van der Waals surface area contributed by atoms with Crippen LogP contribution in [0.2, 0.25) is 0 Å². The summed E-state index contributed by atoms with van der Waals surface area (Å²) in [5.74, 6) is -0.463. The molecule has 1 N–H and O–H groups in total. The summed E-state index contributed by atoms with van der Waals surface area (Å²) in [5.41, 5.74) is 1.14. The number of nitrogens with one attached hydrogen (secondary N) is 1. The van der Waals surface area contributed by atoms with E-state index in [4.69, 9.17) is 9.15 Å². The molecular weight excluding hydrogens is 446 g/mol. The molecule has 0 aliphatic carbocycles. The van der Waals surface area contributed by atoms with Gasteiger partial charge in [-0.3, -0.25) is 4.79 Å². The first-order chi connectivity index (χ1) is 15.3. The number of sulfonamides is 1. The van der Waals surface area contributed by atoms with Crippen molar-refractivity contribution in [2.45, 2.75) is 23.8 Å². The average molecular weight is 466 g/mol. The highest BCUT2D eigenvalue weighted by Gasteiger charge is 2.30. The Morgan fingerprint density at radius 1 is 1.16 bits per heavy atom. The topological polar surface area (TPSA) is 98.1 Å². The minimum absolute atomic E-state index is 0.0707. The number of morpholine rings is 1. The zero-order chi connectivity index (χ0) is 22.5. The maximum atomic E-state index is 13.1. The van der Waals surface area contributed by atoms with Gasteiger partial charge >= 0.3 is 6.61 Å². The zero-order valence-corrected chi connectivity index (χ0v) is 17.7. The Morgan fingerprint density at radius 3 is 2.62 bits per heavy atom. The number of halogens is 2. The van der Waals surface area contributed by atoms with Crippen molar-refractivity contribution in [1.29, 1.82) is 0 Å². The molecule has 3 aromatic rings. The van der Waals surface area contributed by atoms with Gasteiger partial charge in [0.25, 0.3) is 0 Å². The van der Waals surface area contributed by atoms with Crippen molar-refractivity contribution in [2.75, 3.05) is 32.8 Å². The van der Waals surface area contributed by atoms with E-state index in [0.29, 0.717) is 41.7 Å². The van der Waals surface area contributed by atoms with Gasteiger partial charge in [0, 0.05) is 42.7 Å². The molecule has 8 nitrogen and oxygen atoms in total. The van der Waals surface area contributed by atoms with Crippen molar-refractivity contribution in [2.24, 2.45) is 0 Å². The van der Waals surface area contributed by atoms with Crippen LogP contribution in [0.5, 0.6) is 5.75 Å². The molecule has 0 saturated carbocycles. The molecule has 2 aliphatic heterocycles. The molecule has 1 atom stereocenters. The van der Waals surface area contributed by atoms with Crippen LogP contribution in [-0.2, 0) is 19.6 Å². The lowest BCUT2D eigenvalue weighted by Crippen LogP contribution is -2.40. The van der Waals surface area contributed by atoms with Crippen LogP contribution in [0, 0.1) is 0 Å². The highest BCUT2D eigenvalue weighted by atomic mass is 32.2. The first-order valence-corrected chi connectivity index (χ1v) is 11.6. The van der Waals surface area contributed by atoms with E-state index in [2.05, 4.69) is 10.1 Å². The summed E-state index contributed by atoms with van der Waals surface area (Å²) in [4.78, 5) is 11.9. The first kappa shape index (κ1) is 21.1. The van der Waals surface area contributed by atoms with Gasteiger partial charge in [-0.15, -0.1) is 0 Å². The van der Waals surface area contributed by atoms with E-state index >= 15 is 0 Å². The van der Waals surface area contributed by atoms with Crippen LogP contribution >= 0.6 is 0 Å². The summed E-state index contributed by atoms with van der Waals surface area (Å²) < 4.78 is 69.3. The molecule has 11 heteroatoms. The molecule has 0 radical (unpaired) electrons. The number of benzene rings is 2. The van der Waals surface area contributed by atoms with Crippen molar-refractivity contribution in [1.82, 2.24) is 9.62 Å². The molecule has 1 unspecified atom stereocenters. The fraction of sp³-hybridized carbons (Fsp3) is 0.381. The third kappa shape index (κ3) is 3.59. The van der Waals surface area contributed by atoms with Crippen LogP contribution in [0.15, 0.2) is 39.6 Å². The van der Waals surface area contributed by atoms with Gasteiger partial charge in [-0.1, -0.05) is 6.07 Å². The predicted octanol–water partition coefficient (Wildman–Crippen LogP) is 2.81. The average Bonchev–Trinajstić information content (AvgIpc) is 3.38. The zero-order valence-electron chi connectivity index (χ0n) is 16.8. The summed E-state index contributed by atoms with van der Waals surface area (Å²) >= 11 is 0. The molecule has 0 bridgehead atoms. The first-order valence-electron chi connectivity index (χ1n) is 10.1. The Hall–Kier alpha value is -2.76. The Kier molecular flexibility index (Phi) is 5.26. The van der Waals surface area contributed by atoms with E-state index in [1.165, 1.54) is 28.6 Å². The Balaban J connectivity index is 1.70. The summed E-state index contributed by atoms with van der Waals surface area (Å²) in [6.45, 7) is -1.53. The lowest BCUT2D eigenvalue weighted by atomic mass is 9.93. The molecule has 0 spiro atoms. The molecule has 2 aliphatic rings. The maximum Gasteiger partial charge on any atom is 0.387 e. The van der Waals surface area contributed by atoms with E-state index in [0.717, 1.165) is 0 Å². The Bertz CT molecular complexity index is 1300. The standard InChI is InChI=1S/C21H20F2N2O6S/c22-21(23)31-17-4-2-14(12-9-18(26)24-11-12)19-15-10-13(1-3-16(15)30-20(17)19)32(27,28)25-5-7-29-8-6-25/h1-4,10,12,21H,5-9,11H2,(H,24,26). The fourth-order valence-electron chi connectivity index (χ4n) is 4.31. The number of carbonyl (C=O) groups excluding carboxylic acids is 1. The lowest BCUT2D eigenvalue weighted by molar-refractivity contribution is -0.119. The van der Waals surface area contributed by atoms with Gasteiger partial charge in [0.2, 0.25) is 15.9 Å². The maximum absolute atomic E-state index is 13.1. The summed E-state index contributed by atoms with van der Waals surface area (Å²) in [5, 5.41) is 3.70. The van der Waals surface area contributed by atoms with Gasteiger partial charge in [-0.05, 0) is 29.8 Å². The summed E-state index contributed by atoms with van der Waals surface area (Å²) in [6.07, 6.45) is 0.239. The highest BCUT2D eigenvalue weighted by molar-refractivity contribution is 7.89. The molecule has 2 saturated heterocycles. The van der Waals surface area contributed by atoms with Crippen molar-refractivity contribution >= 4 is 37.9 Å². The van der Waals surface area contributed by atoms with Crippen LogP contribution in [-0.4, -0.2) is 58.1 Å². The van der Waals surface area contributed by atoms with E-state index in [-0.39, 0.29) is 47.6 Å². The molecule has 32 heavy (non-hydrogen) atoms. The van der Waals surface area contributed by atoms with E-state index in [9.17, 15) is 22.0 Å². The minimum atomic E-state index is -3.78. The molecule has 170 valence electrons. The Labute approximate surface area is 182 Å².